The van der Waals surface area contributed by atoms with Crippen molar-refractivity contribution in [2.45, 2.75) is 39.3 Å². The number of benzene rings is 2. The normalized spacial score (nSPS) is 13.0. The van der Waals surface area contributed by atoms with Crippen molar-refractivity contribution >= 4 is 33.7 Å². The van der Waals surface area contributed by atoms with Gasteiger partial charge < -0.3 is 24.2 Å². The number of methoxy groups -OCH3 is 1. The molecule has 0 bridgehead atoms. The van der Waals surface area contributed by atoms with Crippen LogP contribution in [0.4, 0.5) is 0 Å². The highest BCUT2D eigenvalue weighted by Gasteiger charge is 2.39. The predicted molar refractivity (Wildman–Crippen MR) is 131 cm³/mol. The van der Waals surface area contributed by atoms with E-state index < -0.39 is 39.7 Å². The Labute approximate surface area is 204 Å². The van der Waals surface area contributed by atoms with Crippen LogP contribution >= 0.6 is 0 Å². The number of pyridine rings is 1. The van der Waals surface area contributed by atoms with Crippen LogP contribution in [0.5, 0.6) is 0 Å². The summed E-state index contributed by atoms with van der Waals surface area (Å²) in [7, 11) is 1.15. The molecule has 0 radical (unpaired) electrons. The lowest BCUT2D eigenvalue weighted by molar-refractivity contribution is -0.255. The van der Waals surface area contributed by atoms with Crippen LogP contribution in [-0.4, -0.2) is 33.2 Å². The van der Waals surface area contributed by atoms with E-state index in [9.17, 15) is 29.1 Å². The third kappa shape index (κ3) is 4.00. The minimum atomic E-state index is -1.75. The summed E-state index contributed by atoms with van der Waals surface area (Å²) < 4.78 is 7.29. The Morgan fingerprint density at radius 1 is 1.03 bits per heavy atom. The Morgan fingerprint density at radius 3 is 2.31 bits per heavy atom. The van der Waals surface area contributed by atoms with Gasteiger partial charge in [0.25, 0.3) is 5.56 Å². The van der Waals surface area contributed by atoms with E-state index in [0.29, 0.717) is 11.0 Å². The van der Waals surface area contributed by atoms with Crippen LogP contribution in [0.15, 0.2) is 57.0 Å². The predicted octanol–water partition coefficient (Wildman–Crippen LogP) is 0.964. The molecule has 0 spiro atoms. The molecule has 2 heterocycles. The second-order valence-corrected chi connectivity index (χ2v) is 9.01. The first kappa shape index (κ1) is 24.6. The van der Waals surface area contributed by atoms with Crippen molar-refractivity contribution in [2.75, 3.05) is 7.11 Å². The second kappa shape index (κ2) is 8.95. The first-order valence-electron chi connectivity index (χ1n) is 11.2. The molecule has 4 aromatic rings. The van der Waals surface area contributed by atoms with E-state index in [2.05, 4.69) is 4.98 Å². The van der Waals surface area contributed by atoms with Crippen LogP contribution in [0.2, 0.25) is 0 Å². The summed E-state index contributed by atoms with van der Waals surface area (Å²) in [5.41, 5.74) is -2.12. The molecule has 0 fully saturated rings. The Hall–Kier alpha value is -4.47. The van der Waals surface area contributed by atoms with E-state index in [4.69, 9.17) is 4.74 Å². The summed E-state index contributed by atoms with van der Waals surface area (Å²) in [6.45, 7) is 4.95. The lowest BCUT2D eigenvalue weighted by Gasteiger charge is -2.29. The molecule has 2 aromatic carbocycles. The number of hydrogen-bond acceptors (Lipinski definition) is 7. The van der Waals surface area contributed by atoms with E-state index in [1.807, 2.05) is 0 Å². The number of H-pyrrole nitrogens is 1. The fourth-order valence-corrected chi connectivity index (χ4v) is 4.48. The lowest BCUT2D eigenvalue weighted by atomic mass is 9.96. The van der Waals surface area contributed by atoms with Gasteiger partial charge in [0.05, 0.1) is 35.1 Å². The third-order valence-electron chi connectivity index (χ3n) is 6.47. The van der Waals surface area contributed by atoms with Gasteiger partial charge in [-0.2, -0.15) is 0 Å². The van der Waals surface area contributed by atoms with Gasteiger partial charge in [0, 0.05) is 18.1 Å². The summed E-state index contributed by atoms with van der Waals surface area (Å²) in [6, 6.07) is 9.98. The number of nitrogens with zero attached hydrogens (tertiary/aromatic N) is 2. The molecule has 2 aromatic heterocycles. The van der Waals surface area contributed by atoms with E-state index in [0.717, 1.165) is 29.0 Å². The number of aromatic nitrogens is 3. The van der Waals surface area contributed by atoms with Crippen LogP contribution in [0, 0.1) is 13.8 Å². The van der Waals surface area contributed by atoms with Crippen molar-refractivity contribution < 1.29 is 19.4 Å². The number of aromatic amines is 1. The lowest BCUT2D eigenvalue weighted by Crippen LogP contribution is -2.53. The number of fused-ring (bicyclic) bond motifs is 2. The molecule has 0 saturated heterocycles. The average Bonchev–Trinajstić information content (AvgIpc) is 2.83. The number of aromatic carboxylic acids is 1. The van der Waals surface area contributed by atoms with Crippen molar-refractivity contribution in [3.05, 3.63) is 90.3 Å². The number of carbonyl (C=O) groups excluding carboxylic acids is 2. The molecule has 0 aliphatic rings. The maximum absolute atomic E-state index is 13.4. The second-order valence-electron chi connectivity index (χ2n) is 9.01. The Balaban J connectivity index is 1.90. The SMILES string of the molecule is COC(=O)C(C)(CCn1cc(C(=O)[O-])c(=O)c2cc(C)ccc21)n1c(=O)[nH]c2ccc(C)cc2c1=O. The van der Waals surface area contributed by atoms with E-state index in [-0.39, 0.29) is 23.7 Å². The Kier molecular flexibility index (Phi) is 6.13. The first-order valence-corrected chi connectivity index (χ1v) is 11.2. The molecule has 0 aliphatic heterocycles. The molecular weight excluding hydrogens is 466 g/mol. The van der Waals surface area contributed by atoms with Gasteiger partial charge in [0.15, 0.2) is 5.43 Å². The first-order chi connectivity index (χ1) is 17.0. The zero-order valence-corrected chi connectivity index (χ0v) is 20.2. The largest absolute Gasteiger partial charge is 0.545 e. The smallest absolute Gasteiger partial charge is 0.332 e. The quantitative estimate of drug-likeness (QED) is 0.397. The molecule has 0 aliphatic carbocycles. The van der Waals surface area contributed by atoms with E-state index in [1.54, 1.807) is 50.2 Å². The van der Waals surface area contributed by atoms with Gasteiger partial charge in [0.2, 0.25) is 0 Å². The summed E-state index contributed by atoms with van der Waals surface area (Å²) in [4.78, 5) is 66.4. The zero-order chi connectivity index (χ0) is 26.4. The van der Waals surface area contributed by atoms with Crippen molar-refractivity contribution in [3.63, 3.8) is 0 Å². The van der Waals surface area contributed by atoms with Crippen LogP contribution in [0.1, 0.15) is 34.8 Å². The number of carbonyl (C=O) groups is 2. The van der Waals surface area contributed by atoms with Gasteiger partial charge in [0.1, 0.15) is 5.54 Å². The van der Waals surface area contributed by atoms with E-state index in [1.165, 1.54) is 11.5 Å². The number of hydrogen-bond donors (Lipinski definition) is 1. The number of nitrogens with one attached hydrogen (secondary N) is 1. The van der Waals surface area contributed by atoms with Crippen molar-refractivity contribution in [3.8, 4) is 0 Å². The summed E-state index contributed by atoms with van der Waals surface area (Å²) in [5, 5.41) is 12.0. The number of esters is 1. The minimum Gasteiger partial charge on any atom is -0.545 e. The summed E-state index contributed by atoms with van der Waals surface area (Å²) >= 11 is 0. The van der Waals surface area contributed by atoms with Gasteiger partial charge in [-0.1, -0.05) is 23.3 Å². The topological polar surface area (TPSA) is 143 Å². The molecular formula is C26H24N3O7-. The van der Waals surface area contributed by atoms with Crippen LogP contribution < -0.4 is 21.8 Å². The molecule has 0 saturated carbocycles. The van der Waals surface area contributed by atoms with Crippen LogP contribution in [0.25, 0.3) is 21.8 Å². The highest BCUT2D eigenvalue weighted by molar-refractivity contribution is 5.91. The van der Waals surface area contributed by atoms with Crippen molar-refractivity contribution in [1.29, 1.82) is 0 Å². The fraction of sp³-hybridized carbons (Fsp3) is 0.269. The Morgan fingerprint density at radius 2 is 1.67 bits per heavy atom. The number of carboxylic acids is 1. The molecule has 1 atom stereocenters. The van der Waals surface area contributed by atoms with E-state index >= 15 is 0 Å². The molecule has 10 heteroatoms. The molecule has 36 heavy (non-hydrogen) atoms. The third-order valence-corrected chi connectivity index (χ3v) is 6.47. The molecule has 1 unspecified atom stereocenters. The molecule has 10 nitrogen and oxygen atoms in total. The highest BCUT2D eigenvalue weighted by atomic mass is 16.5. The maximum Gasteiger partial charge on any atom is 0.332 e. The summed E-state index contributed by atoms with van der Waals surface area (Å²) in [6.07, 6.45) is 1.02. The molecule has 1 N–H and O–H groups in total. The van der Waals surface area contributed by atoms with Crippen molar-refractivity contribution in [1.82, 2.24) is 14.1 Å². The number of rotatable bonds is 6. The highest BCUT2D eigenvalue weighted by Crippen LogP contribution is 2.23. The fourth-order valence-electron chi connectivity index (χ4n) is 4.48. The van der Waals surface area contributed by atoms with Gasteiger partial charge in [-0.25, -0.2) is 14.2 Å². The molecule has 186 valence electrons. The molecule has 0 amide bonds. The zero-order valence-electron chi connectivity index (χ0n) is 20.2. The number of aryl methyl sites for hydroxylation is 3. The van der Waals surface area contributed by atoms with Gasteiger partial charge >= 0.3 is 11.7 Å². The number of ether oxygens (including phenoxy) is 1. The van der Waals surface area contributed by atoms with Gasteiger partial charge in [-0.15, -0.1) is 0 Å². The van der Waals surface area contributed by atoms with Crippen molar-refractivity contribution in [2.24, 2.45) is 0 Å². The number of carboxylic acid groups (broad SMARTS) is 1. The van der Waals surface area contributed by atoms with Crippen LogP contribution in [0.3, 0.4) is 0 Å². The maximum atomic E-state index is 13.4. The standard InChI is InChI=1S/C26H25N3O7/c1-14-5-7-19-16(11-14)22(31)29(25(35)27-19)26(3,24(34)36-4)9-10-28-13-18(23(32)33)21(30)17-12-15(2)6-8-20(17)28/h5-8,11-13H,9-10H2,1-4H3,(H,27,35)(H,32,33)/p-1. The van der Waals surface area contributed by atoms with Gasteiger partial charge in [-0.3, -0.25) is 9.59 Å². The average molecular weight is 490 g/mol. The van der Waals surface area contributed by atoms with Crippen LogP contribution in [-0.2, 0) is 21.6 Å². The molecule has 4 rings (SSSR count). The van der Waals surface area contributed by atoms with Gasteiger partial charge in [-0.05, 0) is 51.5 Å². The Bertz CT molecular complexity index is 1730. The minimum absolute atomic E-state index is 0.0243. The monoisotopic (exact) mass is 490 g/mol. The summed E-state index contributed by atoms with van der Waals surface area (Å²) in [5.74, 6) is -2.46.